The van der Waals surface area contributed by atoms with Crippen LogP contribution in [0.5, 0.6) is 5.75 Å². The van der Waals surface area contributed by atoms with Gasteiger partial charge in [-0.3, -0.25) is 4.68 Å². The van der Waals surface area contributed by atoms with E-state index >= 15 is 0 Å². The molecule has 2 aromatic rings. The summed E-state index contributed by atoms with van der Waals surface area (Å²) in [6.07, 6.45) is 2.23. The van der Waals surface area contributed by atoms with Crippen molar-refractivity contribution in [1.82, 2.24) is 9.78 Å². The summed E-state index contributed by atoms with van der Waals surface area (Å²) in [5.41, 5.74) is 1.46. The SMILES string of the molecule is C#Cc1nn(C)cc1-c1cccc(OC(F)(F)F)c1. The number of aromatic nitrogens is 2. The van der Waals surface area contributed by atoms with Crippen molar-refractivity contribution in [1.29, 1.82) is 0 Å². The van der Waals surface area contributed by atoms with Crippen molar-refractivity contribution in [3.05, 3.63) is 36.2 Å². The number of terminal acetylenes is 1. The highest BCUT2D eigenvalue weighted by Crippen LogP contribution is 2.29. The molecular weight excluding hydrogens is 257 g/mol. The first-order valence-electron chi connectivity index (χ1n) is 5.25. The van der Waals surface area contributed by atoms with Gasteiger partial charge in [-0.25, -0.2) is 0 Å². The second-order valence-electron chi connectivity index (χ2n) is 3.79. The van der Waals surface area contributed by atoms with Gasteiger partial charge in [0.2, 0.25) is 0 Å². The summed E-state index contributed by atoms with van der Waals surface area (Å²) in [4.78, 5) is 0. The Morgan fingerprint density at radius 3 is 2.74 bits per heavy atom. The normalized spacial score (nSPS) is 11.1. The van der Waals surface area contributed by atoms with Gasteiger partial charge in [-0.2, -0.15) is 5.10 Å². The van der Waals surface area contributed by atoms with Crippen LogP contribution in [0.3, 0.4) is 0 Å². The molecule has 0 radical (unpaired) electrons. The Morgan fingerprint density at radius 1 is 1.37 bits per heavy atom. The topological polar surface area (TPSA) is 27.1 Å². The highest BCUT2D eigenvalue weighted by molar-refractivity contribution is 5.69. The Labute approximate surface area is 107 Å². The maximum Gasteiger partial charge on any atom is 0.573 e. The molecule has 0 amide bonds. The zero-order valence-corrected chi connectivity index (χ0v) is 9.90. The van der Waals surface area contributed by atoms with Gasteiger partial charge >= 0.3 is 6.36 Å². The standard InChI is InChI=1S/C13H9F3N2O/c1-3-12-11(8-18(2)17-12)9-5-4-6-10(7-9)19-13(14,15)16/h1,4-8H,2H3. The number of alkyl halides is 3. The van der Waals surface area contributed by atoms with E-state index in [-0.39, 0.29) is 5.75 Å². The minimum Gasteiger partial charge on any atom is -0.406 e. The first-order chi connectivity index (χ1) is 8.89. The van der Waals surface area contributed by atoms with Crippen molar-refractivity contribution < 1.29 is 17.9 Å². The van der Waals surface area contributed by atoms with E-state index in [0.717, 1.165) is 0 Å². The Balaban J connectivity index is 2.41. The molecule has 0 unspecified atom stereocenters. The van der Waals surface area contributed by atoms with E-state index in [9.17, 15) is 13.2 Å². The third-order valence-electron chi connectivity index (χ3n) is 2.34. The summed E-state index contributed by atoms with van der Waals surface area (Å²) in [5, 5.41) is 4.03. The monoisotopic (exact) mass is 266 g/mol. The second-order valence-corrected chi connectivity index (χ2v) is 3.79. The highest BCUT2D eigenvalue weighted by Gasteiger charge is 2.31. The third-order valence-corrected chi connectivity index (χ3v) is 2.34. The van der Waals surface area contributed by atoms with Crippen LogP contribution in [-0.4, -0.2) is 16.1 Å². The van der Waals surface area contributed by atoms with E-state index in [4.69, 9.17) is 6.42 Å². The summed E-state index contributed by atoms with van der Waals surface area (Å²) in [6, 6.07) is 5.60. The number of rotatable bonds is 2. The molecule has 6 heteroatoms. The lowest BCUT2D eigenvalue weighted by atomic mass is 10.1. The average molecular weight is 266 g/mol. The van der Waals surface area contributed by atoms with E-state index in [1.54, 1.807) is 19.3 Å². The van der Waals surface area contributed by atoms with Crippen molar-refractivity contribution in [3.63, 3.8) is 0 Å². The van der Waals surface area contributed by atoms with Gasteiger partial charge in [0.1, 0.15) is 11.4 Å². The zero-order valence-electron chi connectivity index (χ0n) is 9.90. The second kappa shape index (κ2) is 4.69. The summed E-state index contributed by atoms with van der Waals surface area (Å²) in [5.74, 6) is 2.09. The lowest BCUT2D eigenvalue weighted by Crippen LogP contribution is -2.17. The molecule has 0 saturated carbocycles. The number of hydrogen-bond donors (Lipinski definition) is 0. The zero-order chi connectivity index (χ0) is 14.0. The number of ether oxygens (including phenoxy) is 1. The molecule has 0 aliphatic heterocycles. The number of hydrogen-bond acceptors (Lipinski definition) is 2. The quantitative estimate of drug-likeness (QED) is 0.781. The summed E-state index contributed by atoms with van der Waals surface area (Å²) in [7, 11) is 1.68. The molecule has 0 N–H and O–H groups in total. The first-order valence-corrected chi connectivity index (χ1v) is 5.25. The Kier molecular flexibility index (Phi) is 3.21. The molecule has 0 aliphatic carbocycles. The fraction of sp³-hybridized carbons (Fsp3) is 0.154. The smallest absolute Gasteiger partial charge is 0.406 e. The van der Waals surface area contributed by atoms with Gasteiger partial charge in [-0.05, 0) is 23.6 Å². The van der Waals surface area contributed by atoms with Crippen LogP contribution in [0, 0.1) is 12.3 Å². The van der Waals surface area contributed by atoms with Gasteiger partial charge in [0, 0.05) is 18.8 Å². The third kappa shape index (κ3) is 3.07. The predicted octanol–water partition coefficient (Wildman–Crippen LogP) is 2.97. The number of aryl methyl sites for hydroxylation is 1. The molecule has 0 aliphatic rings. The molecule has 0 fully saturated rings. The van der Waals surface area contributed by atoms with Crippen LogP contribution in [0.25, 0.3) is 11.1 Å². The molecule has 1 aromatic carbocycles. The average Bonchev–Trinajstić information content (AvgIpc) is 2.68. The van der Waals surface area contributed by atoms with Gasteiger partial charge in [-0.1, -0.05) is 12.1 Å². The van der Waals surface area contributed by atoms with Crippen LogP contribution in [0.2, 0.25) is 0 Å². The molecule has 1 heterocycles. The Bertz CT molecular complexity index is 638. The van der Waals surface area contributed by atoms with Crippen LogP contribution in [-0.2, 0) is 7.05 Å². The van der Waals surface area contributed by atoms with Crippen LogP contribution >= 0.6 is 0 Å². The minimum atomic E-state index is -4.72. The molecular formula is C13H9F3N2O. The van der Waals surface area contributed by atoms with Gasteiger partial charge < -0.3 is 4.74 Å². The maximum atomic E-state index is 12.2. The molecule has 0 atom stereocenters. The molecule has 1 aromatic heterocycles. The van der Waals surface area contributed by atoms with Crippen LogP contribution < -0.4 is 4.74 Å². The lowest BCUT2D eigenvalue weighted by molar-refractivity contribution is -0.274. The Morgan fingerprint density at radius 2 is 2.11 bits per heavy atom. The van der Waals surface area contributed by atoms with Gasteiger partial charge in [0.25, 0.3) is 0 Å². The highest BCUT2D eigenvalue weighted by atomic mass is 19.4. The molecule has 19 heavy (non-hydrogen) atoms. The first kappa shape index (κ1) is 13.0. The number of halogens is 3. The molecule has 0 spiro atoms. The summed E-state index contributed by atoms with van der Waals surface area (Å²) >= 11 is 0. The number of benzene rings is 1. The van der Waals surface area contributed by atoms with Gasteiger partial charge in [0.15, 0.2) is 0 Å². The maximum absolute atomic E-state index is 12.2. The largest absolute Gasteiger partial charge is 0.573 e. The van der Waals surface area contributed by atoms with E-state index in [0.29, 0.717) is 16.8 Å². The van der Waals surface area contributed by atoms with E-state index in [1.807, 2.05) is 0 Å². The Hall–Kier alpha value is -2.42. The van der Waals surface area contributed by atoms with Crippen LogP contribution in [0.15, 0.2) is 30.5 Å². The van der Waals surface area contributed by atoms with Gasteiger partial charge in [0.05, 0.1) is 0 Å². The van der Waals surface area contributed by atoms with Crippen molar-refractivity contribution in [3.8, 4) is 29.2 Å². The predicted molar refractivity (Wildman–Crippen MR) is 63.3 cm³/mol. The summed E-state index contributed by atoms with van der Waals surface area (Å²) in [6.45, 7) is 0. The lowest BCUT2D eigenvalue weighted by Gasteiger charge is -2.09. The van der Waals surface area contributed by atoms with Gasteiger partial charge in [-0.15, -0.1) is 19.6 Å². The summed E-state index contributed by atoms with van der Waals surface area (Å²) < 4.78 is 41.8. The molecule has 0 saturated heterocycles. The van der Waals surface area contributed by atoms with Crippen molar-refractivity contribution in [2.75, 3.05) is 0 Å². The molecule has 0 bridgehead atoms. The fourth-order valence-corrected chi connectivity index (χ4v) is 1.67. The van der Waals surface area contributed by atoms with Crippen molar-refractivity contribution >= 4 is 0 Å². The van der Waals surface area contributed by atoms with Crippen LogP contribution in [0.1, 0.15) is 5.69 Å². The van der Waals surface area contributed by atoms with E-state index in [1.165, 1.54) is 22.9 Å². The molecule has 2 rings (SSSR count). The molecule has 3 nitrogen and oxygen atoms in total. The minimum absolute atomic E-state index is 0.295. The van der Waals surface area contributed by atoms with Crippen molar-refractivity contribution in [2.45, 2.75) is 6.36 Å². The van der Waals surface area contributed by atoms with Crippen LogP contribution in [0.4, 0.5) is 13.2 Å². The van der Waals surface area contributed by atoms with E-state index in [2.05, 4.69) is 15.8 Å². The molecule has 98 valence electrons. The van der Waals surface area contributed by atoms with E-state index < -0.39 is 6.36 Å². The number of nitrogens with zero attached hydrogens (tertiary/aromatic N) is 2. The fourth-order valence-electron chi connectivity index (χ4n) is 1.67. The van der Waals surface area contributed by atoms with Crippen molar-refractivity contribution in [2.24, 2.45) is 7.05 Å².